The van der Waals surface area contributed by atoms with E-state index in [2.05, 4.69) is 12.2 Å². The first kappa shape index (κ1) is 9.81. The highest BCUT2D eigenvalue weighted by molar-refractivity contribution is 8.00. The van der Waals surface area contributed by atoms with Crippen LogP contribution in [-0.2, 0) is 4.74 Å². The van der Waals surface area contributed by atoms with E-state index in [-0.39, 0.29) is 5.60 Å². The molecule has 0 radical (unpaired) electrons. The minimum absolute atomic E-state index is 0.148. The van der Waals surface area contributed by atoms with Gasteiger partial charge in [-0.25, -0.2) is 0 Å². The van der Waals surface area contributed by atoms with Crippen LogP contribution in [-0.4, -0.2) is 29.9 Å². The van der Waals surface area contributed by atoms with E-state index >= 15 is 0 Å². The third-order valence-corrected chi connectivity index (χ3v) is 4.87. The highest BCUT2D eigenvalue weighted by Crippen LogP contribution is 2.41. The first-order valence-electron chi connectivity index (χ1n) is 5.20. The lowest BCUT2D eigenvalue weighted by Gasteiger charge is -2.33. The molecule has 3 heteroatoms. The number of hydrogen-bond donors (Lipinski definition) is 1. The Bertz CT molecular complexity index is 180. The van der Waals surface area contributed by atoms with Gasteiger partial charge in [0, 0.05) is 18.9 Å². The van der Waals surface area contributed by atoms with Crippen molar-refractivity contribution in [3.8, 4) is 0 Å². The Hall–Kier alpha value is 0.270. The van der Waals surface area contributed by atoms with Crippen LogP contribution in [0.2, 0.25) is 0 Å². The van der Waals surface area contributed by atoms with Crippen molar-refractivity contribution in [1.29, 1.82) is 0 Å². The Kier molecular flexibility index (Phi) is 2.86. The van der Waals surface area contributed by atoms with E-state index in [9.17, 15) is 0 Å². The molecule has 13 heavy (non-hydrogen) atoms. The minimum Gasteiger partial charge on any atom is -0.376 e. The summed E-state index contributed by atoms with van der Waals surface area (Å²) in [5, 5.41) is 4.16. The van der Waals surface area contributed by atoms with Crippen molar-refractivity contribution >= 4 is 11.8 Å². The number of ether oxygens (including phenoxy) is 1. The number of hydrogen-bond acceptors (Lipinski definition) is 3. The van der Waals surface area contributed by atoms with Crippen LogP contribution in [0.25, 0.3) is 0 Å². The predicted molar refractivity (Wildman–Crippen MR) is 57.1 cm³/mol. The molecule has 2 nitrogen and oxygen atoms in total. The topological polar surface area (TPSA) is 21.3 Å². The molecule has 0 bridgehead atoms. The average Bonchev–Trinajstić information content (AvgIpc) is 2.73. The van der Waals surface area contributed by atoms with Crippen molar-refractivity contribution in [2.75, 3.05) is 12.9 Å². The van der Waals surface area contributed by atoms with Crippen LogP contribution in [0, 0.1) is 0 Å². The molecule has 2 aliphatic rings. The number of rotatable bonds is 2. The van der Waals surface area contributed by atoms with E-state index in [1.807, 2.05) is 18.9 Å². The van der Waals surface area contributed by atoms with Gasteiger partial charge in [0.2, 0.25) is 0 Å². The van der Waals surface area contributed by atoms with E-state index < -0.39 is 0 Å². The smallest absolute Gasteiger partial charge is 0.0924 e. The molecule has 2 rings (SSSR count). The third-order valence-electron chi connectivity index (χ3n) is 3.28. The summed E-state index contributed by atoms with van der Waals surface area (Å²) in [5.74, 6) is 1.23. The first-order chi connectivity index (χ1) is 6.27. The van der Waals surface area contributed by atoms with Crippen molar-refractivity contribution < 1.29 is 4.74 Å². The molecule has 1 aliphatic carbocycles. The van der Waals surface area contributed by atoms with E-state index in [0.717, 1.165) is 0 Å². The Morgan fingerprint density at radius 3 is 2.54 bits per heavy atom. The van der Waals surface area contributed by atoms with Gasteiger partial charge in [-0.2, -0.15) is 0 Å². The zero-order chi connectivity index (χ0) is 9.31. The summed E-state index contributed by atoms with van der Waals surface area (Å²) in [7, 11) is 1.87. The summed E-state index contributed by atoms with van der Waals surface area (Å²) in [6, 6.07) is 0.655. The fraction of sp³-hybridized carbons (Fsp3) is 1.00. The summed E-state index contributed by atoms with van der Waals surface area (Å²) in [6.07, 6.45) is 5.14. The summed E-state index contributed by atoms with van der Waals surface area (Å²) in [5.41, 5.74) is 0.148. The molecule has 1 N–H and O–H groups in total. The van der Waals surface area contributed by atoms with Gasteiger partial charge in [0.25, 0.3) is 0 Å². The fourth-order valence-electron chi connectivity index (χ4n) is 2.45. The summed E-state index contributed by atoms with van der Waals surface area (Å²) in [6.45, 7) is 2.26. The largest absolute Gasteiger partial charge is 0.376 e. The van der Waals surface area contributed by atoms with Gasteiger partial charge in [0.15, 0.2) is 0 Å². The molecule has 0 aromatic rings. The van der Waals surface area contributed by atoms with E-state index in [4.69, 9.17) is 4.74 Å². The Labute approximate surface area is 84.8 Å². The van der Waals surface area contributed by atoms with Gasteiger partial charge in [0.05, 0.1) is 11.0 Å². The standard InChI is InChI=1S/C10H19NOS/c1-8-7-13-9(11-8)10(12-2)5-3-4-6-10/h8-9,11H,3-7H2,1-2H3. The second-order valence-electron chi connectivity index (χ2n) is 4.26. The number of methoxy groups -OCH3 is 1. The number of nitrogens with one attached hydrogen (secondary N) is 1. The molecule has 1 aliphatic heterocycles. The quantitative estimate of drug-likeness (QED) is 0.738. The molecule has 2 atom stereocenters. The van der Waals surface area contributed by atoms with Crippen LogP contribution in [0.1, 0.15) is 32.6 Å². The second-order valence-corrected chi connectivity index (χ2v) is 5.40. The van der Waals surface area contributed by atoms with Gasteiger partial charge < -0.3 is 4.74 Å². The lowest BCUT2D eigenvalue weighted by Crippen LogP contribution is -2.47. The fourth-order valence-corrected chi connectivity index (χ4v) is 3.99. The van der Waals surface area contributed by atoms with E-state index in [1.54, 1.807) is 0 Å². The van der Waals surface area contributed by atoms with Crippen LogP contribution in [0.3, 0.4) is 0 Å². The SMILES string of the molecule is COC1(C2NC(C)CS2)CCCC1. The molecular weight excluding hydrogens is 182 g/mol. The average molecular weight is 201 g/mol. The predicted octanol–water partition coefficient (Wildman–Crippen LogP) is 2.00. The summed E-state index contributed by atoms with van der Waals surface area (Å²) in [4.78, 5) is 0. The van der Waals surface area contributed by atoms with Crippen molar-refractivity contribution in [2.45, 2.75) is 49.6 Å². The van der Waals surface area contributed by atoms with Crippen LogP contribution in [0.15, 0.2) is 0 Å². The minimum atomic E-state index is 0.148. The maximum atomic E-state index is 5.75. The van der Waals surface area contributed by atoms with Crippen LogP contribution in [0.5, 0.6) is 0 Å². The second kappa shape index (κ2) is 3.79. The molecule has 0 aromatic heterocycles. The van der Waals surface area contributed by atoms with E-state index in [0.29, 0.717) is 11.4 Å². The van der Waals surface area contributed by atoms with Gasteiger partial charge in [-0.05, 0) is 19.8 Å². The normalized spacial score (nSPS) is 38.3. The maximum Gasteiger partial charge on any atom is 0.0924 e. The van der Waals surface area contributed by atoms with Crippen molar-refractivity contribution in [3.05, 3.63) is 0 Å². The maximum absolute atomic E-state index is 5.75. The Morgan fingerprint density at radius 1 is 1.38 bits per heavy atom. The van der Waals surface area contributed by atoms with Crippen molar-refractivity contribution in [1.82, 2.24) is 5.32 Å². The van der Waals surface area contributed by atoms with Gasteiger partial charge in [0.1, 0.15) is 0 Å². The molecule has 1 heterocycles. The molecule has 2 unspecified atom stereocenters. The lowest BCUT2D eigenvalue weighted by molar-refractivity contribution is -0.0121. The molecule has 1 saturated carbocycles. The lowest BCUT2D eigenvalue weighted by atomic mass is 10.0. The van der Waals surface area contributed by atoms with Gasteiger partial charge in [-0.3, -0.25) is 5.32 Å². The molecule has 0 aromatic carbocycles. The molecule has 0 spiro atoms. The van der Waals surface area contributed by atoms with Crippen molar-refractivity contribution in [3.63, 3.8) is 0 Å². The molecule has 76 valence electrons. The molecule has 1 saturated heterocycles. The van der Waals surface area contributed by atoms with Gasteiger partial charge >= 0.3 is 0 Å². The van der Waals surface area contributed by atoms with Crippen molar-refractivity contribution in [2.24, 2.45) is 0 Å². The van der Waals surface area contributed by atoms with Crippen LogP contribution >= 0.6 is 11.8 Å². The Balaban J connectivity index is 2.03. The third kappa shape index (κ3) is 1.74. The zero-order valence-corrected chi connectivity index (χ0v) is 9.32. The highest BCUT2D eigenvalue weighted by Gasteiger charge is 2.44. The first-order valence-corrected chi connectivity index (χ1v) is 6.24. The van der Waals surface area contributed by atoms with Crippen LogP contribution < -0.4 is 5.32 Å². The zero-order valence-electron chi connectivity index (χ0n) is 8.51. The number of thioether (sulfide) groups is 1. The highest BCUT2D eigenvalue weighted by atomic mass is 32.2. The molecule has 0 amide bonds. The van der Waals surface area contributed by atoms with Crippen LogP contribution in [0.4, 0.5) is 0 Å². The van der Waals surface area contributed by atoms with E-state index in [1.165, 1.54) is 31.4 Å². The molecule has 2 fully saturated rings. The summed E-state index contributed by atoms with van der Waals surface area (Å²) >= 11 is 2.04. The van der Waals surface area contributed by atoms with Gasteiger partial charge in [-0.1, -0.05) is 12.8 Å². The van der Waals surface area contributed by atoms with Gasteiger partial charge in [-0.15, -0.1) is 11.8 Å². The monoisotopic (exact) mass is 201 g/mol. The molecular formula is C10H19NOS. The Morgan fingerprint density at radius 2 is 2.08 bits per heavy atom. The summed E-state index contributed by atoms with van der Waals surface area (Å²) < 4.78 is 5.75.